The minimum absolute atomic E-state index is 0.0973. The standard InChI is InChI=1S/C12H13F2N3O/c1-17-10(5-6-16-17)11(15)8-3-2-4-9(7-8)18-12(13)14/h2-7,11-12H,15H2,1H3. The molecule has 96 valence electrons. The van der Waals surface area contributed by atoms with Gasteiger partial charge in [0.1, 0.15) is 5.75 Å². The largest absolute Gasteiger partial charge is 0.435 e. The van der Waals surface area contributed by atoms with Crippen LogP contribution in [0.2, 0.25) is 0 Å². The van der Waals surface area contributed by atoms with Crippen LogP contribution in [0.5, 0.6) is 5.75 Å². The number of benzene rings is 1. The summed E-state index contributed by atoms with van der Waals surface area (Å²) in [5, 5.41) is 4.02. The average molecular weight is 253 g/mol. The van der Waals surface area contributed by atoms with Gasteiger partial charge in [-0.05, 0) is 23.8 Å². The second-order valence-corrected chi connectivity index (χ2v) is 3.81. The van der Waals surface area contributed by atoms with Crippen molar-refractivity contribution < 1.29 is 13.5 Å². The van der Waals surface area contributed by atoms with Gasteiger partial charge in [0.05, 0.1) is 11.7 Å². The molecule has 6 heteroatoms. The lowest BCUT2D eigenvalue weighted by molar-refractivity contribution is -0.0498. The van der Waals surface area contributed by atoms with E-state index >= 15 is 0 Å². The van der Waals surface area contributed by atoms with Gasteiger partial charge in [-0.3, -0.25) is 4.68 Å². The van der Waals surface area contributed by atoms with Crippen LogP contribution >= 0.6 is 0 Å². The van der Waals surface area contributed by atoms with Crippen LogP contribution in [0.4, 0.5) is 8.78 Å². The summed E-state index contributed by atoms with van der Waals surface area (Å²) in [6.07, 6.45) is 1.63. The van der Waals surface area contributed by atoms with Crippen molar-refractivity contribution in [2.45, 2.75) is 12.7 Å². The van der Waals surface area contributed by atoms with E-state index < -0.39 is 12.7 Å². The molecule has 0 amide bonds. The molecule has 0 aliphatic heterocycles. The van der Waals surface area contributed by atoms with Crippen molar-refractivity contribution in [1.29, 1.82) is 0 Å². The number of hydrogen-bond acceptors (Lipinski definition) is 3. The van der Waals surface area contributed by atoms with Crippen LogP contribution in [-0.2, 0) is 7.05 Å². The molecule has 0 aliphatic carbocycles. The van der Waals surface area contributed by atoms with Gasteiger partial charge in [0.15, 0.2) is 0 Å². The molecule has 0 saturated carbocycles. The lowest BCUT2D eigenvalue weighted by atomic mass is 10.0. The van der Waals surface area contributed by atoms with E-state index in [4.69, 9.17) is 5.73 Å². The van der Waals surface area contributed by atoms with Crippen LogP contribution in [0.3, 0.4) is 0 Å². The number of halogens is 2. The van der Waals surface area contributed by atoms with Gasteiger partial charge in [-0.1, -0.05) is 12.1 Å². The number of rotatable bonds is 4. The van der Waals surface area contributed by atoms with Crippen molar-refractivity contribution in [3.8, 4) is 5.75 Å². The number of alkyl halides is 2. The number of ether oxygens (including phenoxy) is 1. The van der Waals surface area contributed by atoms with Crippen LogP contribution in [0, 0.1) is 0 Å². The Morgan fingerprint density at radius 3 is 2.72 bits per heavy atom. The zero-order chi connectivity index (χ0) is 13.1. The molecule has 1 heterocycles. The Labute approximate surface area is 103 Å². The van der Waals surface area contributed by atoms with E-state index in [0.29, 0.717) is 5.56 Å². The highest BCUT2D eigenvalue weighted by molar-refractivity contribution is 5.34. The highest BCUT2D eigenvalue weighted by Crippen LogP contribution is 2.23. The Morgan fingerprint density at radius 1 is 1.33 bits per heavy atom. The molecule has 0 aliphatic rings. The summed E-state index contributed by atoms with van der Waals surface area (Å²) in [6, 6.07) is 7.71. The summed E-state index contributed by atoms with van der Waals surface area (Å²) < 4.78 is 30.2. The molecule has 1 unspecified atom stereocenters. The summed E-state index contributed by atoms with van der Waals surface area (Å²) in [5.74, 6) is 0.0973. The Balaban J connectivity index is 2.25. The molecule has 2 aromatic rings. The van der Waals surface area contributed by atoms with Gasteiger partial charge >= 0.3 is 6.61 Å². The van der Waals surface area contributed by atoms with E-state index in [1.165, 1.54) is 12.1 Å². The summed E-state index contributed by atoms with van der Waals surface area (Å²) in [5.41, 5.74) is 7.54. The first-order valence-corrected chi connectivity index (χ1v) is 5.36. The van der Waals surface area contributed by atoms with Crippen molar-refractivity contribution in [3.05, 3.63) is 47.8 Å². The Hall–Kier alpha value is -1.95. The highest BCUT2D eigenvalue weighted by atomic mass is 19.3. The third-order valence-corrected chi connectivity index (χ3v) is 2.62. The van der Waals surface area contributed by atoms with Crippen LogP contribution in [0.15, 0.2) is 36.5 Å². The SMILES string of the molecule is Cn1nccc1C(N)c1cccc(OC(F)F)c1. The summed E-state index contributed by atoms with van der Waals surface area (Å²) in [6.45, 7) is -2.84. The van der Waals surface area contributed by atoms with E-state index in [2.05, 4.69) is 9.84 Å². The van der Waals surface area contributed by atoms with Crippen molar-refractivity contribution in [2.75, 3.05) is 0 Å². The molecule has 1 aromatic heterocycles. The van der Waals surface area contributed by atoms with Crippen LogP contribution in [0.1, 0.15) is 17.3 Å². The first-order valence-electron chi connectivity index (χ1n) is 5.36. The van der Waals surface area contributed by atoms with Crippen molar-refractivity contribution in [3.63, 3.8) is 0 Å². The molecule has 1 atom stereocenters. The maximum Gasteiger partial charge on any atom is 0.387 e. The van der Waals surface area contributed by atoms with Crippen molar-refractivity contribution >= 4 is 0 Å². The van der Waals surface area contributed by atoms with Gasteiger partial charge in [-0.2, -0.15) is 13.9 Å². The number of aryl methyl sites for hydroxylation is 1. The Morgan fingerprint density at radius 2 is 2.11 bits per heavy atom. The number of nitrogens with zero attached hydrogens (tertiary/aromatic N) is 2. The average Bonchev–Trinajstić information content (AvgIpc) is 2.74. The predicted molar refractivity (Wildman–Crippen MR) is 62.3 cm³/mol. The second kappa shape index (κ2) is 5.14. The van der Waals surface area contributed by atoms with Gasteiger partial charge in [0, 0.05) is 13.2 Å². The van der Waals surface area contributed by atoms with E-state index in [0.717, 1.165) is 5.69 Å². The maximum atomic E-state index is 12.1. The van der Waals surface area contributed by atoms with Crippen LogP contribution < -0.4 is 10.5 Å². The predicted octanol–water partition coefficient (Wildman–Crippen LogP) is 2.07. The molecule has 0 bridgehead atoms. The van der Waals surface area contributed by atoms with Gasteiger partial charge in [-0.25, -0.2) is 0 Å². The highest BCUT2D eigenvalue weighted by Gasteiger charge is 2.14. The fraction of sp³-hybridized carbons (Fsp3) is 0.250. The zero-order valence-corrected chi connectivity index (χ0v) is 9.75. The second-order valence-electron chi connectivity index (χ2n) is 3.81. The van der Waals surface area contributed by atoms with Crippen molar-refractivity contribution in [1.82, 2.24) is 9.78 Å². The first-order chi connectivity index (χ1) is 8.58. The van der Waals surface area contributed by atoms with E-state index in [-0.39, 0.29) is 5.75 Å². The normalized spacial score (nSPS) is 12.7. The molecule has 0 spiro atoms. The molecule has 18 heavy (non-hydrogen) atoms. The van der Waals surface area contributed by atoms with Crippen molar-refractivity contribution in [2.24, 2.45) is 12.8 Å². The maximum absolute atomic E-state index is 12.1. The fourth-order valence-corrected chi connectivity index (χ4v) is 1.74. The monoisotopic (exact) mass is 253 g/mol. The first kappa shape index (κ1) is 12.5. The van der Waals surface area contributed by atoms with E-state index in [1.807, 2.05) is 0 Å². The minimum Gasteiger partial charge on any atom is -0.435 e. The van der Waals surface area contributed by atoms with Crippen LogP contribution in [-0.4, -0.2) is 16.4 Å². The molecular formula is C12H13F2N3O. The quantitative estimate of drug-likeness (QED) is 0.907. The number of aromatic nitrogens is 2. The molecule has 0 saturated heterocycles. The molecule has 0 radical (unpaired) electrons. The molecule has 1 aromatic carbocycles. The topological polar surface area (TPSA) is 53.1 Å². The van der Waals surface area contributed by atoms with Gasteiger partial charge in [-0.15, -0.1) is 0 Å². The Bertz CT molecular complexity index is 528. The third-order valence-electron chi connectivity index (χ3n) is 2.62. The lowest BCUT2D eigenvalue weighted by Gasteiger charge is -2.14. The molecule has 0 fully saturated rings. The van der Waals surface area contributed by atoms with E-state index in [9.17, 15) is 8.78 Å². The third kappa shape index (κ3) is 2.65. The van der Waals surface area contributed by atoms with E-state index in [1.54, 1.807) is 36.1 Å². The zero-order valence-electron chi connectivity index (χ0n) is 9.75. The lowest BCUT2D eigenvalue weighted by Crippen LogP contribution is -2.16. The molecule has 2 N–H and O–H groups in total. The number of nitrogens with two attached hydrogens (primary N) is 1. The fourth-order valence-electron chi connectivity index (χ4n) is 1.74. The summed E-state index contributed by atoms with van der Waals surface area (Å²) >= 11 is 0. The van der Waals surface area contributed by atoms with Gasteiger partial charge in [0.25, 0.3) is 0 Å². The summed E-state index contributed by atoms with van der Waals surface area (Å²) in [7, 11) is 1.77. The minimum atomic E-state index is -2.84. The van der Waals surface area contributed by atoms with Gasteiger partial charge in [0.2, 0.25) is 0 Å². The smallest absolute Gasteiger partial charge is 0.387 e. The van der Waals surface area contributed by atoms with Crippen LogP contribution in [0.25, 0.3) is 0 Å². The molecule has 2 rings (SSSR count). The van der Waals surface area contributed by atoms with Gasteiger partial charge < -0.3 is 10.5 Å². The summed E-state index contributed by atoms with van der Waals surface area (Å²) in [4.78, 5) is 0. The number of hydrogen-bond donors (Lipinski definition) is 1. The Kier molecular flexibility index (Phi) is 3.57. The molecular weight excluding hydrogens is 240 g/mol. The molecule has 4 nitrogen and oxygen atoms in total.